The Hall–Kier alpha value is -3.21. The molecule has 3 heterocycles. The third-order valence-electron chi connectivity index (χ3n) is 10.7. The fourth-order valence-electron chi connectivity index (χ4n) is 7.63. The van der Waals surface area contributed by atoms with Crippen LogP contribution in [0.1, 0.15) is 36.8 Å². The molecule has 6 rings (SSSR count). The molecule has 3 aliphatic heterocycles. The van der Waals surface area contributed by atoms with E-state index in [1.165, 1.54) is 13.0 Å². The molecule has 0 bridgehead atoms. The van der Waals surface area contributed by atoms with E-state index in [0.717, 1.165) is 11.1 Å². The Kier molecular flexibility index (Phi) is 21.8. The van der Waals surface area contributed by atoms with Crippen LogP contribution >= 0.6 is 69.6 Å². The minimum Gasteiger partial charge on any atom is -0.464 e. The summed E-state index contributed by atoms with van der Waals surface area (Å²) in [5.41, 5.74) is 2.32. The lowest BCUT2D eigenvalue weighted by Crippen LogP contribution is -2.71. The molecule has 12 atom stereocenters. The summed E-state index contributed by atoms with van der Waals surface area (Å²) < 4.78 is 70.8. The van der Waals surface area contributed by atoms with Gasteiger partial charge < -0.3 is 67.5 Å². The molecule has 70 heavy (non-hydrogen) atoms. The lowest BCUT2D eigenvalue weighted by atomic mass is 9.93. The zero-order valence-corrected chi connectivity index (χ0v) is 42.5. The van der Waals surface area contributed by atoms with Crippen molar-refractivity contribution in [1.29, 1.82) is 0 Å². The predicted molar refractivity (Wildman–Crippen MR) is 258 cm³/mol. The molecule has 23 heteroatoms. The topological polar surface area (TPSA) is 186 Å². The Morgan fingerprint density at radius 1 is 0.729 bits per heavy atom. The number of alkyl halides is 6. The van der Waals surface area contributed by atoms with Crippen LogP contribution in [0.25, 0.3) is 0 Å². The molecule has 2 N–H and O–H groups in total. The van der Waals surface area contributed by atoms with Gasteiger partial charge in [0.2, 0.25) is 7.59 Å². The zero-order valence-electron chi connectivity index (χ0n) is 37.9. The molecular weight excluding hydrogens is 1050 g/mol. The number of halogens is 6. The summed E-state index contributed by atoms with van der Waals surface area (Å²) >= 11 is 35.8. The van der Waals surface area contributed by atoms with Gasteiger partial charge in [-0.25, -0.2) is 14.4 Å². The van der Waals surface area contributed by atoms with Gasteiger partial charge in [-0.15, -0.1) is 6.58 Å². The maximum Gasteiger partial charge on any atom is 0.407 e. The van der Waals surface area contributed by atoms with Crippen molar-refractivity contribution in [3.05, 3.63) is 120 Å². The summed E-state index contributed by atoms with van der Waals surface area (Å²) in [6.45, 7) is 5.37. The average molecular weight is 1100 g/mol. The molecule has 3 aliphatic rings. The number of nitrogens with one attached hydrogen (secondary N) is 2. The van der Waals surface area contributed by atoms with Gasteiger partial charge in [-0.2, -0.15) is 0 Å². The first-order chi connectivity index (χ1) is 33.5. The third-order valence-corrected chi connectivity index (χ3v) is 11.3. The quantitative estimate of drug-likeness (QED) is 0.0450. The molecule has 3 fully saturated rings. The Morgan fingerprint density at radius 2 is 1.30 bits per heavy atom. The molecule has 17 nitrogen and oxygen atoms in total. The Labute approximate surface area is 435 Å². The maximum atomic E-state index is 13.8. The van der Waals surface area contributed by atoms with E-state index in [0.29, 0.717) is 5.56 Å². The molecule has 3 aromatic carbocycles. The number of benzene rings is 3. The van der Waals surface area contributed by atoms with Crippen molar-refractivity contribution in [1.82, 2.24) is 10.6 Å². The van der Waals surface area contributed by atoms with Gasteiger partial charge in [0, 0.05) is 5.56 Å². The van der Waals surface area contributed by atoms with Gasteiger partial charge >= 0.3 is 18.2 Å². The van der Waals surface area contributed by atoms with E-state index in [1.54, 1.807) is 6.92 Å². The van der Waals surface area contributed by atoms with E-state index < -0.39 is 113 Å². The lowest BCUT2D eigenvalue weighted by Gasteiger charge is -2.52. The Bertz CT molecular complexity index is 2090. The Balaban J connectivity index is 1.44. The van der Waals surface area contributed by atoms with Crippen LogP contribution in [0.3, 0.4) is 0 Å². The normalized spacial score (nSPS) is 27.3. The molecule has 384 valence electrons. The van der Waals surface area contributed by atoms with Crippen molar-refractivity contribution in [2.75, 3.05) is 39.6 Å². The van der Waals surface area contributed by atoms with Crippen LogP contribution in [-0.2, 0) is 74.9 Å². The largest absolute Gasteiger partial charge is 0.464 e. The monoisotopic (exact) mass is 1100 g/mol. The summed E-state index contributed by atoms with van der Waals surface area (Å²) in [6, 6.07) is 25.1. The van der Waals surface area contributed by atoms with Crippen LogP contribution in [0, 0.1) is 0 Å². The molecule has 0 spiro atoms. The number of rotatable bonds is 21. The average Bonchev–Trinajstić information content (AvgIpc) is 3.34. The van der Waals surface area contributed by atoms with Crippen LogP contribution in [0.5, 0.6) is 0 Å². The van der Waals surface area contributed by atoms with E-state index >= 15 is 0 Å². The van der Waals surface area contributed by atoms with Crippen LogP contribution in [0.2, 0.25) is 0 Å². The van der Waals surface area contributed by atoms with Crippen molar-refractivity contribution < 1.29 is 71.2 Å². The number of hydrogen-bond donors (Lipinski definition) is 2. The lowest BCUT2D eigenvalue weighted by molar-refractivity contribution is -0.371. The van der Waals surface area contributed by atoms with Crippen molar-refractivity contribution in [3.63, 3.8) is 0 Å². The minimum absolute atomic E-state index is 0.0200. The van der Waals surface area contributed by atoms with Gasteiger partial charge in [-0.3, -0.25) is 0 Å². The fourth-order valence-corrected chi connectivity index (χ4v) is 7.96. The summed E-state index contributed by atoms with van der Waals surface area (Å²) in [7, 11) is 0. The third kappa shape index (κ3) is 17.2. The van der Waals surface area contributed by atoms with Crippen LogP contribution < -0.4 is 10.6 Å². The molecule has 3 aromatic rings. The second-order valence-corrected chi connectivity index (χ2v) is 21.0. The number of carbonyl (C=O) groups excluding carboxylic acids is 3. The number of amides is 2. The summed E-state index contributed by atoms with van der Waals surface area (Å²) in [6.07, 6.45) is -12.6. The van der Waals surface area contributed by atoms with Gasteiger partial charge in [0.05, 0.1) is 39.6 Å². The number of ether oxygens (including phenoxy) is 12. The van der Waals surface area contributed by atoms with Crippen LogP contribution in [0.4, 0.5) is 9.59 Å². The number of hydrogen-bond acceptors (Lipinski definition) is 15. The van der Waals surface area contributed by atoms with Crippen LogP contribution in [-0.4, -0.2) is 133 Å². The van der Waals surface area contributed by atoms with Crippen molar-refractivity contribution in [3.8, 4) is 0 Å². The van der Waals surface area contributed by atoms with Gasteiger partial charge in [-0.05, 0) is 25.0 Å². The van der Waals surface area contributed by atoms with E-state index in [-0.39, 0.29) is 39.6 Å². The fraction of sp³-hybridized carbons (Fsp3) is 0.511. The summed E-state index contributed by atoms with van der Waals surface area (Å²) in [5, 5.41) is 5.48. The van der Waals surface area contributed by atoms with E-state index in [9.17, 15) is 14.4 Å². The molecule has 2 amide bonds. The van der Waals surface area contributed by atoms with Gasteiger partial charge in [0.1, 0.15) is 61.9 Å². The summed E-state index contributed by atoms with van der Waals surface area (Å²) in [5.74, 6) is -0.752. The minimum atomic E-state index is -1.98. The second-order valence-electron chi connectivity index (χ2n) is 16.0. The highest BCUT2D eigenvalue weighted by Crippen LogP contribution is 2.39. The molecule has 0 aliphatic carbocycles. The molecule has 3 saturated heterocycles. The first kappa shape index (κ1) is 56.1. The molecule has 2 unspecified atom stereocenters. The second kappa shape index (κ2) is 27.2. The van der Waals surface area contributed by atoms with E-state index in [2.05, 4.69) is 17.2 Å². The van der Waals surface area contributed by atoms with E-state index in [1.807, 2.05) is 91.0 Å². The number of carbonyl (C=O) groups is 3. The van der Waals surface area contributed by atoms with Gasteiger partial charge in [-0.1, -0.05) is 167 Å². The van der Waals surface area contributed by atoms with E-state index in [4.69, 9.17) is 126 Å². The number of esters is 1. The highest BCUT2D eigenvalue weighted by molar-refractivity contribution is 6.68. The highest BCUT2D eigenvalue weighted by atomic mass is 35.6. The van der Waals surface area contributed by atoms with Crippen molar-refractivity contribution >= 4 is 87.8 Å². The SMILES string of the molecule is C=CCO[C@H]1O[C@H](COCc2ccccc2)[C@@H](O[C@@H]2O[C@@H]3COC(c4ccccc4)O[C@H]3[C@H](OCc3ccccc3)[C@H]2NC(=O)OCC(Cl)(Cl)Cl)[C@H](OC(C)C(=O)OCC)[C@H]1NC(=O)OCC(Cl)(Cl)Cl. The van der Waals surface area contributed by atoms with Crippen molar-refractivity contribution in [2.45, 2.75) is 108 Å². The van der Waals surface area contributed by atoms with Crippen molar-refractivity contribution in [2.24, 2.45) is 0 Å². The predicted octanol–water partition coefficient (Wildman–Crippen LogP) is 8.21. The first-order valence-electron chi connectivity index (χ1n) is 22.1. The van der Waals surface area contributed by atoms with Gasteiger partial charge in [0.25, 0.3) is 0 Å². The maximum absolute atomic E-state index is 13.8. The Morgan fingerprint density at radius 3 is 1.87 bits per heavy atom. The molecular formula is C47H54Cl6N2O15. The molecule has 0 aromatic heterocycles. The number of alkyl carbamates (subject to hydrolysis) is 2. The zero-order chi connectivity index (χ0) is 50.3. The first-order valence-corrected chi connectivity index (χ1v) is 24.4. The number of fused-ring (bicyclic) bond motifs is 1. The molecule has 0 radical (unpaired) electrons. The highest BCUT2D eigenvalue weighted by Gasteiger charge is 2.56. The molecule has 0 saturated carbocycles. The smallest absolute Gasteiger partial charge is 0.407 e. The summed E-state index contributed by atoms with van der Waals surface area (Å²) in [4.78, 5) is 40.7. The standard InChI is InChI=1S/C47H54Cl6N2O15/c1-4-21-61-42-35(55-45(58)65-27-47(51,52)53)39(66-28(3)40(56)60-5-2)37(32(67-42)24-59-22-29-15-9-6-10-16-29)70-43-34(54-44(57)64-26-46(48,49)50)38(62-23-30-17-11-7-12-18-30)36-33(68-43)25-63-41(69-36)31-19-13-8-14-20-31/h4,6-20,28,32-39,41-43H,1,5,21-27H2,2-3H3,(H,54,57)(H,55,58)/t28?,32-,33-,34-,35-,36-,37-,38-,39-,41?,42+,43+/m1/s1. The van der Waals surface area contributed by atoms with Crippen LogP contribution in [0.15, 0.2) is 104 Å². The van der Waals surface area contributed by atoms with Gasteiger partial charge in [0.15, 0.2) is 25.0 Å².